The van der Waals surface area contributed by atoms with E-state index in [1.54, 1.807) is 0 Å². The van der Waals surface area contributed by atoms with Gasteiger partial charge < -0.3 is 9.66 Å². The molecule has 0 rings (SSSR count). The van der Waals surface area contributed by atoms with Crippen molar-refractivity contribution in [2.75, 3.05) is 0 Å². The lowest BCUT2D eigenvalue weighted by molar-refractivity contribution is 0.0368. The van der Waals surface area contributed by atoms with Crippen molar-refractivity contribution in [3.05, 3.63) is 0 Å². The zero-order valence-electron chi connectivity index (χ0n) is 6.79. The van der Waals surface area contributed by atoms with Crippen molar-refractivity contribution in [2.45, 2.75) is 38.8 Å². The van der Waals surface area contributed by atoms with E-state index in [0.717, 1.165) is 12.8 Å². The largest absolute Gasteiger partial charge is 0.760 e. The number of nitrogens with one attached hydrogen (secondary N) is 1. The lowest BCUT2D eigenvalue weighted by Gasteiger charge is -2.25. The predicted molar refractivity (Wildman–Crippen MR) is 42.2 cm³/mol. The SMILES string of the molecule is CCCCC(C)(O)NS(=O)[O-]. The highest BCUT2D eigenvalue weighted by atomic mass is 32.2. The third kappa shape index (κ3) is 6.43. The summed E-state index contributed by atoms with van der Waals surface area (Å²) in [5.41, 5.74) is -1.29. The van der Waals surface area contributed by atoms with Crippen LogP contribution in [0.2, 0.25) is 0 Å². The monoisotopic (exact) mass is 180 g/mol. The van der Waals surface area contributed by atoms with Crippen molar-refractivity contribution in [3.63, 3.8) is 0 Å². The molecule has 0 radical (unpaired) electrons. The van der Waals surface area contributed by atoms with Gasteiger partial charge >= 0.3 is 0 Å². The molecular weight excluding hydrogens is 166 g/mol. The summed E-state index contributed by atoms with van der Waals surface area (Å²) in [7, 11) is 0. The second-order valence-corrected chi connectivity index (χ2v) is 3.39. The fourth-order valence-electron chi connectivity index (χ4n) is 0.752. The van der Waals surface area contributed by atoms with E-state index in [4.69, 9.17) is 0 Å². The van der Waals surface area contributed by atoms with Crippen LogP contribution in [0.3, 0.4) is 0 Å². The maximum Gasteiger partial charge on any atom is 0.123 e. The van der Waals surface area contributed by atoms with E-state index in [1.807, 2.05) is 11.6 Å². The third-order valence-corrected chi connectivity index (χ3v) is 1.93. The predicted octanol–water partition coefficient (Wildman–Crippen LogP) is 0.269. The van der Waals surface area contributed by atoms with Gasteiger partial charge in [-0.2, -0.15) is 0 Å². The van der Waals surface area contributed by atoms with E-state index in [-0.39, 0.29) is 0 Å². The van der Waals surface area contributed by atoms with Gasteiger partial charge in [0.2, 0.25) is 0 Å². The first-order valence-corrected chi connectivity index (χ1v) is 4.65. The fourth-order valence-corrected chi connectivity index (χ4v) is 1.21. The summed E-state index contributed by atoms with van der Waals surface area (Å²) in [4.78, 5) is 0. The van der Waals surface area contributed by atoms with Crippen LogP contribution in [0.4, 0.5) is 0 Å². The maximum atomic E-state index is 10.1. The molecule has 0 aromatic carbocycles. The molecule has 4 nitrogen and oxygen atoms in total. The average Bonchev–Trinajstić information content (AvgIpc) is 1.81. The number of unbranched alkanes of at least 4 members (excludes halogenated alkanes) is 1. The Bertz CT molecular complexity index is 138. The van der Waals surface area contributed by atoms with E-state index in [2.05, 4.69) is 0 Å². The summed E-state index contributed by atoms with van der Waals surface area (Å²) >= 11 is -2.39. The van der Waals surface area contributed by atoms with Gasteiger partial charge in [0, 0.05) is 11.3 Å². The van der Waals surface area contributed by atoms with Gasteiger partial charge in [-0.05, 0) is 19.8 Å². The van der Waals surface area contributed by atoms with Crippen molar-refractivity contribution >= 4 is 11.3 Å². The van der Waals surface area contributed by atoms with E-state index in [0.29, 0.717) is 6.42 Å². The van der Waals surface area contributed by atoms with Crippen LogP contribution in [0.25, 0.3) is 0 Å². The highest BCUT2D eigenvalue weighted by Gasteiger charge is 2.18. The molecule has 0 amide bonds. The van der Waals surface area contributed by atoms with Crippen molar-refractivity contribution < 1.29 is 13.9 Å². The first-order valence-electron chi connectivity index (χ1n) is 3.57. The molecule has 0 aliphatic heterocycles. The Morgan fingerprint density at radius 1 is 1.73 bits per heavy atom. The van der Waals surface area contributed by atoms with Gasteiger partial charge in [0.1, 0.15) is 5.72 Å². The molecule has 0 aromatic rings. The van der Waals surface area contributed by atoms with Gasteiger partial charge in [-0.25, -0.2) is 4.72 Å². The standard InChI is InChI=1S/C6H15NO3S/c1-3-4-5-6(2,8)7-11(9)10/h7-8H,3-5H2,1-2H3,(H,9,10)/p-1. The number of hydrogen-bond acceptors (Lipinski definition) is 3. The molecule has 0 aliphatic rings. The van der Waals surface area contributed by atoms with Crippen LogP contribution in [-0.2, 0) is 11.3 Å². The molecule has 11 heavy (non-hydrogen) atoms. The quantitative estimate of drug-likeness (QED) is 0.471. The summed E-state index contributed by atoms with van der Waals surface area (Å²) in [6.07, 6.45) is 2.18. The fraction of sp³-hybridized carbons (Fsp3) is 1.00. The minimum absolute atomic E-state index is 0.442. The topological polar surface area (TPSA) is 72.4 Å². The second-order valence-electron chi connectivity index (χ2n) is 2.71. The van der Waals surface area contributed by atoms with Crippen LogP contribution in [0.15, 0.2) is 0 Å². The van der Waals surface area contributed by atoms with Gasteiger partial charge in [-0.15, -0.1) is 0 Å². The zero-order valence-corrected chi connectivity index (χ0v) is 7.61. The van der Waals surface area contributed by atoms with E-state index in [9.17, 15) is 13.9 Å². The maximum absolute atomic E-state index is 10.1. The highest BCUT2D eigenvalue weighted by molar-refractivity contribution is 7.77. The van der Waals surface area contributed by atoms with E-state index in [1.165, 1.54) is 6.92 Å². The average molecular weight is 180 g/mol. The molecule has 0 fully saturated rings. The number of aliphatic hydroxyl groups is 1. The lowest BCUT2D eigenvalue weighted by atomic mass is 10.1. The van der Waals surface area contributed by atoms with Crippen LogP contribution in [0.5, 0.6) is 0 Å². The zero-order chi connectivity index (χ0) is 8.91. The summed E-state index contributed by atoms with van der Waals surface area (Å²) in [5.74, 6) is 0. The molecule has 0 spiro atoms. The summed E-state index contributed by atoms with van der Waals surface area (Å²) < 4.78 is 22.2. The normalized spacial score (nSPS) is 19.3. The molecule has 0 aromatic heterocycles. The molecule has 2 atom stereocenters. The van der Waals surface area contributed by atoms with Crippen molar-refractivity contribution in [2.24, 2.45) is 0 Å². The van der Waals surface area contributed by atoms with E-state index >= 15 is 0 Å². The van der Waals surface area contributed by atoms with Crippen molar-refractivity contribution in [1.82, 2.24) is 4.72 Å². The van der Waals surface area contributed by atoms with Gasteiger partial charge in [-0.3, -0.25) is 4.21 Å². The molecule has 0 bridgehead atoms. The van der Waals surface area contributed by atoms with Crippen LogP contribution < -0.4 is 4.72 Å². The Balaban J connectivity index is 3.70. The molecule has 0 saturated carbocycles. The van der Waals surface area contributed by atoms with Crippen LogP contribution in [0.1, 0.15) is 33.1 Å². The van der Waals surface area contributed by atoms with E-state index < -0.39 is 17.0 Å². The molecule has 0 heterocycles. The minimum Gasteiger partial charge on any atom is -0.760 e. The van der Waals surface area contributed by atoms with Crippen LogP contribution in [0, 0.1) is 0 Å². The summed E-state index contributed by atoms with van der Waals surface area (Å²) in [6.45, 7) is 3.42. The van der Waals surface area contributed by atoms with Gasteiger partial charge in [-0.1, -0.05) is 13.3 Å². The first kappa shape index (κ1) is 11.0. The second kappa shape index (κ2) is 4.82. The summed E-state index contributed by atoms with van der Waals surface area (Å²) in [6, 6.07) is 0. The van der Waals surface area contributed by atoms with Crippen molar-refractivity contribution in [1.29, 1.82) is 0 Å². The molecule has 0 aliphatic carbocycles. The highest BCUT2D eigenvalue weighted by Crippen LogP contribution is 2.09. The van der Waals surface area contributed by atoms with Crippen LogP contribution in [-0.4, -0.2) is 19.6 Å². The smallest absolute Gasteiger partial charge is 0.123 e. The Hall–Kier alpha value is 0.0300. The van der Waals surface area contributed by atoms with Crippen LogP contribution >= 0.6 is 0 Å². The van der Waals surface area contributed by atoms with Gasteiger partial charge in [0.25, 0.3) is 0 Å². The third-order valence-electron chi connectivity index (χ3n) is 1.32. The Kier molecular flexibility index (Phi) is 4.83. The Morgan fingerprint density at radius 3 is 2.64 bits per heavy atom. The lowest BCUT2D eigenvalue weighted by Crippen LogP contribution is -2.42. The van der Waals surface area contributed by atoms with Gasteiger partial charge in [0.05, 0.1) is 0 Å². The molecular formula is C6H14NO3S-. The molecule has 2 N–H and O–H groups in total. The summed E-state index contributed by atoms with van der Waals surface area (Å²) in [5, 5.41) is 9.31. The molecule has 0 saturated heterocycles. The van der Waals surface area contributed by atoms with Gasteiger partial charge in [0.15, 0.2) is 0 Å². The molecule has 5 heteroatoms. The molecule has 68 valence electrons. The van der Waals surface area contributed by atoms with Crippen molar-refractivity contribution in [3.8, 4) is 0 Å². The first-order chi connectivity index (χ1) is 4.98. The Morgan fingerprint density at radius 2 is 2.27 bits per heavy atom. The molecule has 2 unspecified atom stereocenters. The number of rotatable bonds is 5. The minimum atomic E-state index is -2.39. The number of hydrogen-bond donors (Lipinski definition) is 2. The Labute approximate surface area is 69.4 Å².